The summed E-state index contributed by atoms with van der Waals surface area (Å²) in [5.41, 5.74) is 0.241. The molecule has 0 unspecified atom stereocenters. The van der Waals surface area contributed by atoms with Crippen LogP contribution < -0.4 is 45.1 Å². The summed E-state index contributed by atoms with van der Waals surface area (Å²) in [7, 11) is -0.373. The maximum Gasteiger partial charge on any atom is 2.00 e. The van der Waals surface area contributed by atoms with Gasteiger partial charge in [0.1, 0.15) is 5.75 Å². The van der Waals surface area contributed by atoms with Crippen LogP contribution in [0.5, 0.6) is 5.75 Å². The molecule has 1 aromatic rings. The first-order valence-electron chi connectivity index (χ1n) is 3.19. The summed E-state index contributed by atoms with van der Waals surface area (Å²) in [6, 6.07) is 6.14. The smallest absolute Gasteiger partial charge is 1.00 e. The van der Waals surface area contributed by atoms with E-state index in [0.29, 0.717) is 5.75 Å². The summed E-state index contributed by atoms with van der Waals surface area (Å²) in [5.74, 6) is 0.648. The second-order valence-corrected chi connectivity index (χ2v) is 2.11. The van der Waals surface area contributed by atoms with Crippen molar-refractivity contribution in [3.8, 4) is 5.75 Å². The fourth-order valence-corrected chi connectivity index (χ4v) is 0.761. The minimum Gasteiger partial charge on any atom is -1.00 e. The van der Waals surface area contributed by atoms with E-state index in [1.165, 1.54) is 19.2 Å². The molecule has 3 nitrogen and oxygen atoms in total. The van der Waals surface area contributed by atoms with E-state index in [9.17, 15) is 10.0 Å². The summed E-state index contributed by atoms with van der Waals surface area (Å²) in [6.45, 7) is 0. The van der Waals surface area contributed by atoms with Crippen LogP contribution in [0.25, 0.3) is 0 Å². The number of hydrogen-bond donors (Lipinski definition) is 0. The van der Waals surface area contributed by atoms with Crippen LogP contribution in [0.3, 0.4) is 0 Å². The molecule has 0 aromatic heterocycles. The van der Waals surface area contributed by atoms with Gasteiger partial charge < -0.3 is 39.6 Å². The zero-order chi connectivity index (χ0) is 8.27. The van der Waals surface area contributed by atoms with E-state index in [1.54, 1.807) is 12.1 Å². The number of hydrogen-bond acceptors (Lipinski definition) is 3. The molecule has 1 aromatic carbocycles. The third-order valence-electron chi connectivity index (χ3n) is 1.39. The Labute approximate surface area is 134 Å². The van der Waals surface area contributed by atoms with Crippen LogP contribution in [0, 0.1) is 0 Å². The molecular weight excluding hydrogens is 262 g/mol. The van der Waals surface area contributed by atoms with E-state index in [2.05, 4.69) is 0 Å². The molecule has 0 fully saturated rings. The number of rotatable bonds is 2. The molecule has 0 aliphatic carbocycles. The minimum absolute atomic E-state index is 0. The molecule has 0 aliphatic heterocycles. The van der Waals surface area contributed by atoms with Gasteiger partial charge in [-0.2, -0.15) is 0 Å². The second-order valence-electron chi connectivity index (χ2n) is 2.11. The molecule has 0 spiro atoms. The second kappa shape index (κ2) is 13.2. The SMILES string of the molecule is COc1ccc(B([O-])[O-])cc1.[Cl-].[Cl-].[Mg+2].[Mg+2]. The molecule has 0 amide bonds. The monoisotopic (exact) mass is 268 g/mol. The fourth-order valence-electron chi connectivity index (χ4n) is 0.761. The Morgan fingerprint density at radius 3 is 1.67 bits per heavy atom. The molecule has 1 rings (SSSR count). The van der Waals surface area contributed by atoms with E-state index in [-0.39, 0.29) is 76.4 Å². The third-order valence-corrected chi connectivity index (χ3v) is 1.39. The van der Waals surface area contributed by atoms with Crippen molar-refractivity contribution in [2.75, 3.05) is 7.11 Å². The molecule has 0 bridgehead atoms. The standard InChI is InChI=1S/C7H7BO3.2ClH.2Mg/c1-11-7-4-2-6(3-5-7)8(9)10;;;;/h2-5H,1H3;2*1H;;/q-2;;;2*+2/p-2. The first-order valence-corrected chi connectivity index (χ1v) is 3.19. The predicted octanol–water partition coefficient (Wildman–Crippen LogP) is -8.64. The zero-order valence-electron chi connectivity index (χ0n) is 8.28. The van der Waals surface area contributed by atoms with Crippen LogP contribution in [0.1, 0.15) is 0 Å². The van der Waals surface area contributed by atoms with Gasteiger partial charge in [0, 0.05) is 0 Å². The Kier molecular flexibility index (Phi) is 22.0. The number of halogens is 2. The van der Waals surface area contributed by atoms with Crippen LogP contribution in [0.4, 0.5) is 0 Å². The van der Waals surface area contributed by atoms with E-state index in [0.717, 1.165) is 0 Å². The van der Waals surface area contributed by atoms with Crippen molar-refractivity contribution in [3.63, 3.8) is 0 Å². The molecule has 0 radical (unpaired) electrons. The van der Waals surface area contributed by atoms with E-state index < -0.39 is 7.12 Å². The van der Waals surface area contributed by atoms with Crippen LogP contribution in [0.15, 0.2) is 24.3 Å². The summed E-state index contributed by atoms with van der Waals surface area (Å²) in [4.78, 5) is 0. The van der Waals surface area contributed by atoms with Gasteiger partial charge in [-0.3, -0.25) is 0 Å². The van der Waals surface area contributed by atoms with E-state index >= 15 is 0 Å². The van der Waals surface area contributed by atoms with Gasteiger partial charge >= 0.3 is 46.1 Å². The van der Waals surface area contributed by atoms with Crippen LogP contribution >= 0.6 is 0 Å². The topological polar surface area (TPSA) is 55.3 Å². The van der Waals surface area contributed by atoms with Crippen molar-refractivity contribution in [1.29, 1.82) is 0 Å². The summed E-state index contributed by atoms with van der Waals surface area (Å²) >= 11 is 0. The summed E-state index contributed by atoms with van der Waals surface area (Å²) in [6.07, 6.45) is 0. The Morgan fingerprint density at radius 1 is 1.00 bits per heavy atom. The molecular formula is C7H7BCl2Mg2O3. The number of ether oxygens (including phenoxy) is 1. The van der Waals surface area contributed by atoms with Crippen LogP contribution in [-0.4, -0.2) is 60.3 Å². The minimum atomic E-state index is -1.90. The van der Waals surface area contributed by atoms with Gasteiger partial charge in [-0.15, -0.1) is 5.46 Å². The molecule has 8 heteroatoms. The van der Waals surface area contributed by atoms with Gasteiger partial charge in [-0.05, 0) is 12.1 Å². The van der Waals surface area contributed by atoms with Crippen molar-refractivity contribution in [1.82, 2.24) is 0 Å². The summed E-state index contributed by atoms with van der Waals surface area (Å²) < 4.78 is 4.84. The normalized spacial score (nSPS) is 6.87. The van der Waals surface area contributed by atoms with Gasteiger partial charge in [-0.1, -0.05) is 19.3 Å². The van der Waals surface area contributed by atoms with Crippen molar-refractivity contribution in [2.45, 2.75) is 0 Å². The van der Waals surface area contributed by atoms with Gasteiger partial charge in [0.05, 0.1) is 7.11 Å². The molecule has 74 valence electrons. The van der Waals surface area contributed by atoms with Crippen molar-refractivity contribution >= 4 is 58.7 Å². The van der Waals surface area contributed by atoms with E-state index in [4.69, 9.17) is 4.74 Å². The Bertz CT molecular complexity index is 236. The molecule has 0 saturated heterocycles. The molecule has 0 heterocycles. The maximum absolute atomic E-state index is 10.3. The van der Waals surface area contributed by atoms with Gasteiger partial charge in [0.15, 0.2) is 0 Å². The van der Waals surface area contributed by atoms with Crippen molar-refractivity contribution < 1.29 is 39.6 Å². The number of methoxy groups -OCH3 is 1. The Hall–Kier alpha value is 1.12. The maximum atomic E-state index is 10.3. The van der Waals surface area contributed by atoms with Gasteiger partial charge in [0.2, 0.25) is 0 Å². The molecule has 0 atom stereocenters. The van der Waals surface area contributed by atoms with Gasteiger partial charge in [0.25, 0.3) is 0 Å². The molecule has 15 heavy (non-hydrogen) atoms. The van der Waals surface area contributed by atoms with Crippen LogP contribution in [0.2, 0.25) is 0 Å². The van der Waals surface area contributed by atoms with Crippen molar-refractivity contribution in [2.24, 2.45) is 0 Å². The molecule has 0 N–H and O–H groups in total. The quantitative estimate of drug-likeness (QED) is 0.501. The first-order chi connectivity index (χ1) is 5.24. The molecule has 0 aliphatic rings. The third kappa shape index (κ3) is 8.88. The van der Waals surface area contributed by atoms with Crippen molar-refractivity contribution in [3.05, 3.63) is 24.3 Å². The van der Waals surface area contributed by atoms with Gasteiger partial charge in [-0.25, -0.2) is 0 Å². The first kappa shape index (κ1) is 25.1. The largest absolute Gasteiger partial charge is 2.00 e. The van der Waals surface area contributed by atoms with E-state index in [1.807, 2.05) is 0 Å². The molecule has 0 saturated carbocycles. The fraction of sp³-hybridized carbons (Fsp3) is 0.143. The average Bonchev–Trinajstić information content (AvgIpc) is 2.05. The predicted molar refractivity (Wildman–Crippen MR) is 49.9 cm³/mol. The zero-order valence-corrected chi connectivity index (χ0v) is 12.6. The summed E-state index contributed by atoms with van der Waals surface area (Å²) in [5, 5.41) is 20.7. The van der Waals surface area contributed by atoms with Crippen LogP contribution in [-0.2, 0) is 0 Å². The Balaban J connectivity index is -0.000000151. The average molecular weight is 269 g/mol. The Morgan fingerprint density at radius 2 is 1.40 bits per heavy atom. The number of benzene rings is 1.